The summed E-state index contributed by atoms with van der Waals surface area (Å²) >= 11 is 0. The molecule has 1 aromatic heterocycles. The first-order chi connectivity index (χ1) is 8.47. The first kappa shape index (κ1) is 14.7. The predicted molar refractivity (Wildman–Crippen MR) is 58.0 cm³/mol. The largest absolute Gasteiger partial charge is 0.396 e. The minimum atomic E-state index is -1.68. The zero-order valence-corrected chi connectivity index (χ0v) is 9.81. The number of hydrogen-bond donors (Lipinski definition) is 2. The highest BCUT2D eigenvalue weighted by Gasteiger charge is 2.20. The lowest BCUT2D eigenvalue weighted by Gasteiger charge is -2.11. The monoisotopic (exact) mass is 266 g/mol. The van der Waals surface area contributed by atoms with Gasteiger partial charge in [-0.1, -0.05) is 6.92 Å². The quantitative estimate of drug-likeness (QED) is 0.472. The van der Waals surface area contributed by atoms with E-state index in [0.29, 0.717) is 12.8 Å². The topological polar surface area (TPSA) is 45.1 Å². The zero-order chi connectivity index (χ0) is 13.7. The Balaban J connectivity index is 2.62. The Hall–Kier alpha value is -1.37. The van der Waals surface area contributed by atoms with Crippen LogP contribution in [-0.4, -0.2) is 23.2 Å². The van der Waals surface area contributed by atoms with E-state index >= 15 is 0 Å². The Morgan fingerprint density at radius 1 is 1.17 bits per heavy atom. The van der Waals surface area contributed by atoms with Gasteiger partial charge in [0.25, 0.3) is 11.9 Å². The van der Waals surface area contributed by atoms with E-state index in [-0.39, 0.29) is 19.1 Å². The van der Waals surface area contributed by atoms with Crippen LogP contribution in [0, 0.1) is 29.4 Å². The van der Waals surface area contributed by atoms with Gasteiger partial charge in [-0.15, -0.1) is 0 Å². The number of hydrogen-bond acceptors (Lipinski definition) is 3. The molecule has 1 rings (SSSR count). The van der Waals surface area contributed by atoms with Crippen LogP contribution < -0.4 is 5.32 Å². The summed E-state index contributed by atoms with van der Waals surface area (Å²) in [5.41, 5.74) is -0.850. The molecule has 3 nitrogen and oxygen atoms in total. The number of anilines is 1. The maximum absolute atomic E-state index is 13.1. The van der Waals surface area contributed by atoms with E-state index in [4.69, 9.17) is 5.11 Å². The lowest BCUT2D eigenvalue weighted by atomic mass is 10.1. The van der Waals surface area contributed by atoms with Crippen molar-refractivity contribution in [2.24, 2.45) is 5.92 Å². The van der Waals surface area contributed by atoms with E-state index in [1.807, 2.05) is 6.92 Å². The van der Waals surface area contributed by atoms with Crippen molar-refractivity contribution in [3.05, 3.63) is 23.5 Å². The lowest BCUT2D eigenvalue weighted by molar-refractivity contribution is 0.229. The highest BCUT2D eigenvalue weighted by Crippen LogP contribution is 2.22. The first-order valence-electron chi connectivity index (χ1n) is 5.52. The third-order valence-corrected chi connectivity index (χ3v) is 2.48. The molecule has 102 valence electrons. The number of nitrogens with zero attached hydrogens (tertiary/aromatic N) is 1. The van der Waals surface area contributed by atoms with Crippen LogP contribution in [0.25, 0.3) is 0 Å². The number of aromatic nitrogens is 1. The molecule has 0 saturated heterocycles. The molecule has 0 aromatic carbocycles. The van der Waals surface area contributed by atoms with Crippen molar-refractivity contribution in [2.75, 3.05) is 18.5 Å². The molecule has 0 amide bonds. The van der Waals surface area contributed by atoms with Gasteiger partial charge in [0.1, 0.15) is 5.69 Å². The second-order valence-corrected chi connectivity index (χ2v) is 4.05. The van der Waals surface area contributed by atoms with E-state index < -0.39 is 29.2 Å². The standard InChI is InChI=1S/C11H14F4N2O/c1-6(5-18)3-2-4-16-9-7(12)10(14)17-11(15)8(9)13/h6,18H,2-5H2,1H3,(H,16,17). The van der Waals surface area contributed by atoms with Crippen molar-refractivity contribution < 1.29 is 22.7 Å². The summed E-state index contributed by atoms with van der Waals surface area (Å²) in [4.78, 5) is 2.45. The van der Waals surface area contributed by atoms with Gasteiger partial charge in [0.2, 0.25) is 11.6 Å². The highest BCUT2D eigenvalue weighted by molar-refractivity contribution is 5.45. The molecule has 0 saturated carbocycles. The normalized spacial score (nSPS) is 12.6. The number of rotatable bonds is 6. The number of nitrogens with one attached hydrogen (secondary N) is 1. The van der Waals surface area contributed by atoms with Gasteiger partial charge in [0.05, 0.1) is 0 Å². The van der Waals surface area contributed by atoms with Gasteiger partial charge in [-0.05, 0) is 18.8 Å². The molecule has 1 unspecified atom stereocenters. The third-order valence-electron chi connectivity index (χ3n) is 2.48. The van der Waals surface area contributed by atoms with Crippen molar-refractivity contribution in [3.63, 3.8) is 0 Å². The average molecular weight is 266 g/mol. The Labute approximate surface area is 102 Å². The van der Waals surface area contributed by atoms with Crippen LogP contribution in [-0.2, 0) is 0 Å². The molecular formula is C11H14F4N2O. The number of aliphatic hydroxyl groups is 1. The van der Waals surface area contributed by atoms with Gasteiger partial charge >= 0.3 is 0 Å². The molecule has 1 atom stereocenters. The molecule has 0 bridgehead atoms. The summed E-state index contributed by atoms with van der Waals surface area (Å²) in [5, 5.41) is 11.1. The Bertz CT molecular complexity index is 388. The summed E-state index contributed by atoms with van der Waals surface area (Å²) in [6.45, 7) is 1.97. The van der Waals surface area contributed by atoms with Crippen LogP contribution in [0.3, 0.4) is 0 Å². The Morgan fingerprint density at radius 2 is 1.72 bits per heavy atom. The Kier molecular flexibility index (Phi) is 5.33. The predicted octanol–water partition coefficient (Wildman–Crippen LogP) is 2.46. The first-order valence-corrected chi connectivity index (χ1v) is 5.52. The fraction of sp³-hybridized carbons (Fsp3) is 0.545. The molecule has 0 fully saturated rings. The molecule has 1 heterocycles. The number of aliphatic hydroxyl groups excluding tert-OH is 1. The van der Waals surface area contributed by atoms with Gasteiger partial charge in [0, 0.05) is 13.2 Å². The van der Waals surface area contributed by atoms with Crippen LogP contribution in [0.15, 0.2) is 0 Å². The molecular weight excluding hydrogens is 252 g/mol. The van der Waals surface area contributed by atoms with Crippen molar-refractivity contribution in [1.29, 1.82) is 0 Å². The fourth-order valence-corrected chi connectivity index (χ4v) is 1.40. The van der Waals surface area contributed by atoms with Crippen molar-refractivity contribution in [2.45, 2.75) is 19.8 Å². The van der Waals surface area contributed by atoms with Crippen LogP contribution >= 0.6 is 0 Å². The van der Waals surface area contributed by atoms with Crippen molar-refractivity contribution >= 4 is 5.69 Å². The molecule has 0 aliphatic carbocycles. The van der Waals surface area contributed by atoms with Gasteiger partial charge < -0.3 is 10.4 Å². The smallest absolute Gasteiger partial charge is 0.253 e. The van der Waals surface area contributed by atoms with E-state index in [1.165, 1.54) is 0 Å². The second-order valence-electron chi connectivity index (χ2n) is 4.05. The second kappa shape index (κ2) is 6.53. The maximum Gasteiger partial charge on any atom is 0.253 e. The third kappa shape index (κ3) is 3.56. The summed E-state index contributed by atoms with van der Waals surface area (Å²) < 4.78 is 51.8. The van der Waals surface area contributed by atoms with Gasteiger partial charge in [-0.25, -0.2) is 0 Å². The van der Waals surface area contributed by atoms with Crippen molar-refractivity contribution in [1.82, 2.24) is 4.98 Å². The van der Waals surface area contributed by atoms with Gasteiger partial charge in [-0.2, -0.15) is 22.5 Å². The number of halogens is 4. The SMILES string of the molecule is CC(CO)CCCNc1c(F)c(F)nc(F)c1F. The molecule has 0 aliphatic rings. The fourth-order valence-electron chi connectivity index (χ4n) is 1.40. The van der Waals surface area contributed by atoms with Gasteiger partial charge in [-0.3, -0.25) is 0 Å². The lowest BCUT2D eigenvalue weighted by Crippen LogP contribution is -2.11. The summed E-state index contributed by atoms with van der Waals surface area (Å²) in [6, 6.07) is 0. The minimum Gasteiger partial charge on any atom is -0.396 e. The molecule has 2 N–H and O–H groups in total. The molecule has 0 radical (unpaired) electrons. The van der Waals surface area contributed by atoms with Crippen LogP contribution in [0.1, 0.15) is 19.8 Å². The summed E-state index contributed by atoms with van der Waals surface area (Å²) in [7, 11) is 0. The van der Waals surface area contributed by atoms with E-state index in [1.54, 1.807) is 0 Å². The van der Waals surface area contributed by atoms with Crippen LogP contribution in [0.4, 0.5) is 23.2 Å². The Morgan fingerprint density at radius 3 is 2.22 bits per heavy atom. The molecule has 0 aliphatic heterocycles. The molecule has 1 aromatic rings. The summed E-state index contributed by atoms with van der Waals surface area (Å²) in [6.07, 6.45) is 1.13. The summed E-state index contributed by atoms with van der Waals surface area (Å²) in [5.74, 6) is -6.37. The van der Waals surface area contributed by atoms with E-state index in [0.717, 1.165) is 0 Å². The van der Waals surface area contributed by atoms with Gasteiger partial charge in [0.15, 0.2) is 0 Å². The van der Waals surface area contributed by atoms with Crippen LogP contribution in [0.2, 0.25) is 0 Å². The molecule has 0 spiro atoms. The van der Waals surface area contributed by atoms with Crippen molar-refractivity contribution in [3.8, 4) is 0 Å². The molecule has 18 heavy (non-hydrogen) atoms. The molecule has 7 heteroatoms. The maximum atomic E-state index is 13.1. The van der Waals surface area contributed by atoms with E-state index in [2.05, 4.69) is 10.3 Å². The average Bonchev–Trinajstić information content (AvgIpc) is 2.35. The highest BCUT2D eigenvalue weighted by atomic mass is 19.2. The van der Waals surface area contributed by atoms with Crippen LogP contribution in [0.5, 0.6) is 0 Å². The zero-order valence-electron chi connectivity index (χ0n) is 9.81. The van der Waals surface area contributed by atoms with E-state index in [9.17, 15) is 17.6 Å². The number of pyridine rings is 1. The minimum absolute atomic E-state index is 0.0151.